The average Bonchev–Trinajstić information content (AvgIpc) is 2.78. The molecule has 0 unspecified atom stereocenters. The van der Waals surface area contributed by atoms with Crippen molar-refractivity contribution in [2.45, 2.75) is 13.8 Å². The molecule has 0 aliphatic heterocycles. The summed E-state index contributed by atoms with van der Waals surface area (Å²) in [5, 5.41) is 3.47. The summed E-state index contributed by atoms with van der Waals surface area (Å²) in [5.41, 5.74) is 1.61. The number of amides is 1. The first-order chi connectivity index (χ1) is 9.06. The third-order valence-corrected chi connectivity index (χ3v) is 4.06. The summed E-state index contributed by atoms with van der Waals surface area (Å²) in [6, 6.07) is 9.48. The van der Waals surface area contributed by atoms with Crippen LogP contribution >= 0.6 is 22.9 Å². The molecule has 0 radical (unpaired) electrons. The maximum atomic E-state index is 11.8. The van der Waals surface area contributed by atoms with Gasteiger partial charge in [-0.05, 0) is 49.8 Å². The lowest BCUT2D eigenvalue weighted by Crippen LogP contribution is -2.08. The number of anilines is 1. The molecule has 0 aliphatic carbocycles. The third kappa shape index (κ3) is 3.69. The zero-order valence-electron chi connectivity index (χ0n) is 10.7. The molecule has 19 heavy (non-hydrogen) atoms. The predicted octanol–water partition coefficient (Wildman–Crippen LogP) is 4.67. The molecule has 98 valence electrons. The van der Waals surface area contributed by atoms with E-state index >= 15 is 0 Å². The van der Waals surface area contributed by atoms with E-state index in [4.69, 9.17) is 11.6 Å². The quantitative estimate of drug-likeness (QED) is 0.818. The molecule has 0 atom stereocenters. The Balaban J connectivity index is 2.05. The summed E-state index contributed by atoms with van der Waals surface area (Å²) in [6.07, 6.45) is 3.35. The van der Waals surface area contributed by atoms with Gasteiger partial charge in [-0.1, -0.05) is 17.7 Å². The van der Waals surface area contributed by atoms with Gasteiger partial charge in [-0.3, -0.25) is 4.79 Å². The van der Waals surface area contributed by atoms with E-state index in [2.05, 4.69) is 5.32 Å². The van der Waals surface area contributed by atoms with Crippen LogP contribution in [0.5, 0.6) is 0 Å². The zero-order valence-corrected chi connectivity index (χ0v) is 12.3. The maximum Gasteiger partial charge on any atom is 0.248 e. The van der Waals surface area contributed by atoms with Gasteiger partial charge < -0.3 is 5.32 Å². The molecule has 0 saturated carbocycles. The highest BCUT2D eigenvalue weighted by molar-refractivity contribution is 7.12. The number of aryl methyl sites for hydroxylation is 1. The molecular formula is C15H14ClNOS. The number of rotatable bonds is 3. The molecule has 1 aromatic heterocycles. The monoisotopic (exact) mass is 291 g/mol. The van der Waals surface area contributed by atoms with Crippen molar-refractivity contribution in [2.75, 3.05) is 5.32 Å². The minimum atomic E-state index is -0.156. The Morgan fingerprint density at radius 1 is 1.26 bits per heavy atom. The van der Waals surface area contributed by atoms with Crippen molar-refractivity contribution in [1.29, 1.82) is 0 Å². The van der Waals surface area contributed by atoms with Crippen LogP contribution in [0.15, 0.2) is 36.4 Å². The van der Waals surface area contributed by atoms with Crippen LogP contribution in [-0.2, 0) is 4.79 Å². The van der Waals surface area contributed by atoms with Gasteiger partial charge in [0.2, 0.25) is 5.91 Å². The summed E-state index contributed by atoms with van der Waals surface area (Å²) in [7, 11) is 0. The summed E-state index contributed by atoms with van der Waals surface area (Å²) in [4.78, 5) is 14.1. The Hall–Kier alpha value is -1.58. The second-order valence-electron chi connectivity index (χ2n) is 4.18. The fourth-order valence-electron chi connectivity index (χ4n) is 1.62. The predicted molar refractivity (Wildman–Crippen MR) is 82.9 cm³/mol. The topological polar surface area (TPSA) is 29.1 Å². The number of nitrogens with one attached hydrogen (secondary N) is 1. The van der Waals surface area contributed by atoms with Gasteiger partial charge in [-0.2, -0.15) is 0 Å². The lowest BCUT2D eigenvalue weighted by molar-refractivity contribution is -0.111. The van der Waals surface area contributed by atoms with Crippen molar-refractivity contribution in [1.82, 2.24) is 0 Å². The van der Waals surface area contributed by atoms with Crippen LogP contribution in [0.2, 0.25) is 5.02 Å². The molecule has 1 amide bonds. The fraction of sp³-hybridized carbons (Fsp3) is 0.133. The van der Waals surface area contributed by atoms with E-state index in [-0.39, 0.29) is 5.91 Å². The highest BCUT2D eigenvalue weighted by Gasteiger charge is 2.04. The summed E-state index contributed by atoms with van der Waals surface area (Å²) in [5.74, 6) is -0.156. The Labute approximate surface area is 121 Å². The number of halogens is 1. The molecule has 1 aromatic carbocycles. The minimum Gasteiger partial charge on any atom is -0.322 e. The van der Waals surface area contributed by atoms with E-state index in [1.807, 2.05) is 44.2 Å². The largest absolute Gasteiger partial charge is 0.322 e. The van der Waals surface area contributed by atoms with Gasteiger partial charge in [0, 0.05) is 26.5 Å². The van der Waals surface area contributed by atoms with E-state index in [1.165, 1.54) is 11.0 Å². The molecule has 4 heteroatoms. The highest BCUT2D eigenvalue weighted by atomic mass is 35.5. The van der Waals surface area contributed by atoms with Gasteiger partial charge in [-0.25, -0.2) is 0 Å². The Morgan fingerprint density at radius 3 is 2.74 bits per heavy atom. The summed E-state index contributed by atoms with van der Waals surface area (Å²) >= 11 is 7.66. The van der Waals surface area contributed by atoms with Crippen molar-refractivity contribution in [3.63, 3.8) is 0 Å². The lowest BCUT2D eigenvalue weighted by Gasteiger charge is -2.07. The van der Waals surface area contributed by atoms with Crippen LogP contribution in [0.1, 0.15) is 15.3 Å². The van der Waals surface area contributed by atoms with Crippen molar-refractivity contribution >= 4 is 40.6 Å². The zero-order chi connectivity index (χ0) is 13.8. The number of hydrogen-bond acceptors (Lipinski definition) is 2. The van der Waals surface area contributed by atoms with Crippen LogP contribution in [0.4, 0.5) is 5.69 Å². The SMILES string of the molecule is Cc1ccc(/C=C/C(=O)Nc2cccc(Cl)c2C)s1. The van der Waals surface area contributed by atoms with E-state index in [1.54, 1.807) is 17.4 Å². The first kappa shape index (κ1) is 13.8. The van der Waals surface area contributed by atoms with E-state index in [0.717, 1.165) is 16.1 Å². The van der Waals surface area contributed by atoms with Gasteiger partial charge in [0.25, 0.3) is 0 Å². The number of carbonyl (C=O) groups is 1. The van der Waals surface area contributed by atoms with Crippen LogP contribution < -0.4 is 5.32 Å². The molecule has 0 bridgehead atoms. The molecule has 0 saturated heterocycles. The standard InChI is InChI=1S/C15H14ClNOS/c1-10-6-7-12(19-10)8-9-15(18)17-14-5-3-4-13(16)11(14)2/h3-9H,1-2H3,(H,17,18)/b9-8+. The van der Waals surface area contributed by atoms with Crippen molar-refractivity contribution < 1.29 is 4.79 Å². The van der Waals surface area contributed by atoms with Gasteiger partial charge in [0.05, 0.1) is 0 Å². The third-order valence-electron chi connectivity index (χ3n) is 2.69. The average molecular weight is 292 g/mol. The molecule has 0 aliphatic rings. The van der Waals surface area contributed by atoms with Crippen LogP contribution in [-0.4, -0.2) is 5.91 Å². The molecule has 2 aromatic rings. The molecular weight excluding hydrogens is 278 g/mol. The van der Waals surface area contributed by atoms with E-state index < -0.39 is 0 Å². The molecule has 0 fully saturated rings. The first-order valence-corrected chi connectivity index (χ1v) is 7.06. The Kier molecular flexibility index (Phi) is 4.40. The first-order valence-electron chi connectivity index (χ1n) is 5.87. The van der Waals surface area contributed by atoms with Crippen LogP contribution in [0.25, 0.3) is 6.08 Å². The molecule has 1 N–H and O–H groups in total. The molecule has 2 nitrogen and oxygen atoms in total. The second-order valence-corrected chi connectivity index (χ2v) is 5.91. The molecule has 1 heterocycles. The van der Waals surface area contributed by atoms with E-state index in [9.17, 15) is 4.79 Å². The van der Waals surface area contributed by atoms with E-state index in [0.29, 0.717) is 5.02 Å². The Bertz CT molecular complexity index is 631. The second kappa shape index (κ2) is 6.04. The van der Waals surface area contributed by atoms with Crippen molar-refractivity contribution in [2.24, 2.45) is 0 Å². The summed E-state index contributed by atoms with van der Waals surface area (Å²) < 4.78 is 0. The highest BCUT2D eigenvalue weighted by Crippen LogP contribution is 2.23. The lowest BCUT2D eigenvalue weighted by atomic mass is 10.2. The number of benzene rings is 1. The van der Waals surface area contributed by atoms with Gasteiger partial charge in [-0.15, -0.1) is 11.3 Å². The normalized spacial score (nSPS) is 10.9. The number of hydrogen-bond donors (Lipinski definition) is 1. The number of carbonyl (C=O) groups excluding carboxylic acids is 1. The Morgan fingerprint density at radius 2 is 2.05 bits per heavy atom. The maximum absolute atomic E-state index is 11.8. The molecule has 0 spiro atoms. The fourth-order valence-corrected chi connectivity index (χ4v) is 2.57. The molecule has 2 rings (SSSR count). The van der Waals surface area contributed by atoms with Gasteiger partial charge in [0.1, 0.15) is 0 Å². The minimum absolute atomic E-state index is 0.156. The van der Waals surface area contributed by atoms with Crippen molar-refractivity contribution in [3.05, 3.63) is 56.7 Å². The smallest absolute Gasteiger partial charge is 0.248 e. The van der Waals surface area contributed by atoms with Gasteiger partial charge >= 0.3 is 0 Å². The van der Waals surface area contributed by atoms with Gasteiger partial charge in [0.15, 0.2) is 0 Å². The number of thiophene rings is 1. The van der Waals surface area contributed by atoms with Crippen LogP contribution in [0.3, 0.4) is 0 Å². The summed E-state index contributed by atoms with van der Waals surface area (Å²) in [6.45, 7) is 3.92. The van der Waals surface area contributed by atoms with Crippen LogP contribution in [0, 0.1) is 13.8 Å². The van der Waals surface area contributed by atoms with Crippen molar-refractivity contribution in [3.8, 4) is 0 Å².